The molecule has 0 aliphatic rings. The second kappa shape index (κ2) is 7.84. The molecule has 0 aliphatic carbocycles. The molecule has 0 unspecified atom stereocenters. The van der Waals surface area contributed by atoms with Gasteiger partial charge >= 0.3 is 5.97 Å². The Morgan fingerprint density at radius 3 is 2.88 bits per heavy atom. The van der Waals surface area contributed by atoms with E-state index < -0.39 is 5.97 Å². The van der Waals surface area contributed by atoms with Gasteiger partial charge in [-0.15, -0.1) is 0 Å². The number of carboxylic acid groups (broad SMARTS) is 1. The number of hydrogen-bond donors (Lipinski definition) is 2. The van der Waals surface area contributed by atoms with Crippen molar-refractivity contribution in [2.45, 2.75) is 39.2 Å². The van der Waals surface area contributed by atoms with Crippen LogP contribution in [-0.4, -0.2) is 33.9 Å². The largest absolute Gasteiger partial charge is 0.481 e. The number of aromatic nitrogens is 2. The van der Waals surface area contributed by atoms with E-state index >= 15 is 0 Å². The zero-order valence-electron chi connectivity index (χ0n) is 10.4. The van der Waals surface area contributed by atoms with Gasteiger partial charge in [-0.1, -0.05) is 6.42 Å². The van der Waals surface area contributed by atoms with Crippen molar-refractivity contribution in [3.05, 3.63) is 18.0 Å². The molecule has 0 saturated heterocycles. The zero-order chi connectivity index (χ0) is 12.5. The highest BCUT2D eigenvalue weighted by Crippen LogP contribution is 1.98. The van der Waals surface area contributed by atoms with Crippen LogP contribution in [0.5, 0.6) is 0 Å². The van der Waals surface area contributed by atoms with E-state index in [4.69, 9.17) is 5.11 Å². The Balaban J connectivity index is 1.89. The standard InChI is InChI=1S/C12H21N3O2/c1-11-9-14-15(10-11)8-7-13-6-4-2-3-5-12(16)17/h9-10,13H,2-8H2,1H3,(H,16,17). The lowest BCUT2D eigenvalue weighted by molar-refractivity contribution is -0.137. The number of aliphatic carboxylic acids is 1. The molecule has 0 spiro atoms. The van der Waals surface area contributed by atoms with Crippen molar-refractivity contribution in [3.8, 4) is 0 Å². The van der Waals surface area contributed by atoms with Crippen LogP contribution >= 0.6 is 0 Å². The van der Waals surface area contributed by atoms with Gasteiger partial charge < -0.3 is 10.4 Å². The van der Waals surface area contributed by atoms with Gasteiger partial charge in [-0.2, -0.15) is 5.10 Å². The van der Waals surface area contributed by atoms with Crippen LogP contribution in [0.25, 0.3) is 0 Å². The maximum absolute atomic E-state index is 10.3. The van der Waals surface area contributed by atoms with Gasteiger partial charge in [0.1, 0.15) is 0 Å². The van der Waals surface area contributed by atoms with Crippen molar-refractivity contribution in [3.63, 3.8) is 0 Å². The predicted octanol–water partition coefficient (Wildman–Crippen LogP) is 1.43. The van der Waals surface area contributed by atoms with Gasteiger partial charge in [0.15, 0.2) is 0 Å². The average molecular weight is 239 g/mol. The summed E-state index contributed by atoms with van der Waals surface area (Å²) in [6, 6.07) is 0. The number of rotatable bonds is 9. The maximum atomic E-state index is 10.3. The molecule has 5 nitrogen and oxygen atoms in total. The third-order valence-electron chi connectivity index (χ3n) is 2.52. The second-order valence-electron chi connectivity index (χ2n) is 4.24. The number of carbonyl (C=O) groups is 1. The molecule has 1 heterocycles. The molecule has 1 rings (SSSR count). The molecular weight excluding hydrogens is 218 g/mol. The van der Waals surface area contributed by atoms with Crippen molar-refractivity contribution in [2.24, 2.45) is 0 Å². The Labute approximate surface area is 102 Å². The summed E-state index contributed by atoms with van der Waals surface area (Å²) in [5, 5.41) is 16.0. The number of carboxylic acids is 1. The highest BCUT2D eigenvalue weighted by molar-refractivity contribution is 5.66. The van der Waals surface area contributed by atoms with Crippen LogP contribution in [0.4, 0.5) is 0 Å². The molecule has 0 saturated carbocycles. The van der Waals surface area contributed by atoms with Crippen molar-refractivity contribution in [1.82, 2.24) is 15.1 Å². The second-order valence-corrected chi connectivity index (χ2v) is 4.24. The van der Waals surface area contributed by atoms with E-state index in [1.54, 1.807) is 0 Å². The molecule has 2 N–H and O–H groups in total. The van der Waals surface area contributed by atoms with E-state index in [1.807, 2.05) is 24.0 Å². The molecule has 0 fully saturated rings. The van der Waals surface area contributed by atoms with E-state index in [0.717, 1.165) is 38.9 Å². The zero-order valence-corrected chi connectivity index (χ0v) is 10.4. The van der Waals surface area contributed by atoms with E-state index in [1.165, 1.54) is 5.56 Å². The van der Waals surface area contributed by atoms with E-state index in [-0.39, 0.29) is 6.42 Å². The first kappa shape index (κ1) is 13.7. The average Bonchev–Trinajstić information content (AvgIpc) is 2.68. The molecule has 17 heavy (non-hydrogen) atoms. The van der Waals surface area contributed by atoms with Crippen molar-refractivity contribution in [2.75, 3.05) is 13.1 Å². The fourth-order valence-corrected chi connectivity index (χ4v) is 1.61. The molecule has 0 atom stereocenters. The van der Waals surface area contributed by atoms with Crippen LogP contribution < -0.4 is 5.32 Å². The van der Waals surface area contributed by atoms with Gasteiger partial charge in [-0.05, 0) is 31.9 Å². The van der Waals surface area contributed by atoms with Gasteiger partial charge in [-0.25, -0.2) is 0 Å². The summed E-state index contributed by atoms with van der Waals surface area (Å²) >= 11 is 0. The lowest BCUT2D eigenvalue weighted by Gasteiger charge is -2.04. The molecule has 5 heteroatoms. The summed E-state index contributed by atoms with van der Waals surface area (Å²) in [7, 11) is 0. The number of nitrogens with one attached hydrogen (secondary N) is 1. The van der Waals surface area contributed by atoms with Crippen molar-refractivity contribution < 1.29 is 9.90 Å². The highest BCUT2D eigenvalue weighted by atomic mass is 16.4. The third-order valence-corrected chi connectivity index (χ3v) is 2.52. The molecule has 0 aromatic carbocycles. The van der Waals surface area contributed by atoms with Gasteiger partial charge in [0.05, 0.1) is 12.7 Å². The molecule has 1 aromatic rings. The van der Waals surface area contributed by atoms with Gasteiger partial charge in [-0.3, -0.25) is 9.48 Å². The Hall–Kier alpha value is -1.36. The Bertz CT molecular complexity index is 336. The van der Waals surface area contributed by atoms with E-state index in [0.29, 0.717) is 0 Å². The molecule has 0 aliphatic heterocycles. The smallest absolute Gasteiger partial charge is 0.303 e. The van der Waals surface area contributed by atoms with Crippen LogP contribution in [-0.2, 0) is 11.3 Å². The molecular formula is C12H21N3O2. The number of hydrogen-bond acceptors (Lipinski definition) is 3. The summed E-state index contributed by atoms with van der Waals surface area (Å²) in [5.74, 6) is -0.702. The number of aryl methyl sites for hydroxylation is 1. The lowest BCUT2D eigenvalue weighted by Crippen LogP contribution is -2.21. The monoisotopic (exact) mass is 239 g/mol. The minimum Gasteiger partial charge on any atom is -0.481 e. The molecule has 1 aromatic heterocycles. The minimum atomic E-state index is -0.702. The SMILES string of the molecule is Cc1cnn(CCNCCCCCC(=O)O)c1. The molecule has 0 bridgehead atoms. The van der Waals surface area contributed by atoms with Crippen molar-refractivity contribution in [1.29, 1.82) is 0 Å². The lowest BCUT2D eigenvalue weighted by atomic mass is 10.2. The van der Waals surface area contributed by atoms with Crippen LogP contribution in [0.15, 0.2) is 12.4 Å². The normalized spacial score (nSPS) is 10.6. The Kier molecular flexibility index (Phi) is 6.32. The Morgan fingerprint density at radius 1 is 1.41 bits per heavy atom. The van der Waals surface area contributed by atoms with Crippen molar-refractivity contribution >= 4 is 5.97 Å². The molecule has 0 amide bonds. The van der Waals surface area contributed by atoms with E-state index in [2.05, 4.69) is 10.4 Å². The topological polar surface area (TPSA) is 67.2 Å². The summed E-state index contributed by atoms with van der Waals surface area (Å²) in [5.41, 5.74) is 1.18. The van der Waals surface area contributed by atoms with Gasteiger partial charge in [0, 0.05) is 19.2 Å². The summed E-state index contributed by atoms with van der Waals surface area (Å²) < 4.78 is 1.92. The summed E-state index contributed by atoms with van der Waals surface area (Å²) in [6.45, 7) is 4.75. The summed E-state index contributed by atoms with van der Waals surface area (Å²) in [6.07, 6.45) is 6.94. The fraction of sp³-hybridized carbons (Fsp3) is 0.667. The Morgan fingerprint density at radius 2 is 2.24 bits per heavy atom. The van der Waals surface area contributed by atoms with E-state index in [9.17, 15) is 4.79 Å². The minimum absolute atomic E-state index is 0.284. The number of nitrogens with zero attached hydrogens (tertiary/aromatic N) is 2. The quantitative estimate of drug-likeness (QED) is 0.640. The fourth-order valence-electron chi connectivity index (χ4n) is 1.61. The first-order valence-electron chi connectivity index (χ1n) is 6.10. The first-order chi connectivity index (χ1) is 8.18. The van der Waals surface area contributed by atoms with Crippen LogP contribution in [0.1, 0.15) is 31.2 Å². The summed E-state index contributed by atoms with van der Waals surface area (Å²) in [4.78, 5) is 10.3. The first-order valence-corrected chi connectivity index (χ1v) is 6.10. The third kappa shape index (κ3) is 6.73. The maximum Gasteiger partial charge on any atom is 0.303 e. The van der Waals surface area contributed by atoms with Gasteiger partial charge in [0.25, 0.3) is 0 Å². The van der Waals surface area contributed by atoms with Crippen LogP contribution in [0.3, 0.4) is 0 Å². The van der Waals surface area contributed by atoms with Gasteiger partial charge in [0.2, 0.25) is 0 Å². The molecule has 0 radical (unpaired) electrons. The highest BCUT2D eigenvalue weighted by Gasteiger charge is 1.96. The number of unbranched alkanes of at least 4 members (excludes halogenated alkanes) is 2. The predicted molar refractivity (Wildman–Crippen MR) is 65.9 cm³/mol. The van der Waals surface area contributed by atoms with Crippen LogP contribution in [0, 0.1) is 6.92 Å². The van der Waals surface area contributed by atoms with Crippen LogP contribution in [0.2, 0.25) is 0 Å². The molecule has 96 valence electrons.